The van der Waals surface area contributed by atoms with Gasteiger partial charge in [0.2, 0.25) is 15.9 Å². The van der Waals surface area contributed by atoms with Gasteiger partial charge in [-0.05, 0) is 38.6 Å². The summed E-state index contributed by atoms with van der Waals surface area (Å²) in [6.07, 6.45) is 0. The number of nitrogens with zero attached hydrogens (tertiary/aromatic N) is 2. The molecular formula is C21H24N4O3S2. The van der Waals surface area contributed by atoms with E-state index in [9.17, 15) is 13.2 Å². The zero-order chi connectivity index (χ0) is 21.9. The number of benzene rings is 2. The van der Waals surface area contributed by atoms with E-state index in [1.54, 1.807) is 12.1 Å². The number of sulfonamides is 1. The third-order valence-corrected chi connectivity index (χ3v) is 6.53. The number of aromatic nitrogens is 1. The second kappa shape index (κ2) is 9.05. The smallest absolute Gasteiger partial charge is 0.240 e. The van der Waals surface area contributed by atoms with E-state index < -0.39 is 10.0 Å². The van der Waals surface area contributed by atoms with E-state index in [0.29, 0.717) is 5.13 Å². The Balaban J connectivity index is 1.59. The van der Waals surface area contributed by atoms with Crippen molar-refractivity contribution in [2.75, 3.05) is 18.9 Å². The zero-order valence-electron chi connectivity index (χ0n) is 17.0. The molecule has 0 radical (unpaired) electrons. The van der Waals surface area contributed by atoms with E-state index in [0.717, 1.165) is 16.8 Å². The van der Waals surface area contributed by atoms with Crippen molar-refractivity contribution < 1.29 is 13.2 Å². The Labute approximate surface area is 180 Å². The Morgan fingerprint density at radius 1 is 1.17 bits per heavy atom. The fourth-order valence-corrected chi connectivity index (χ4v) is 4.15. The van der Waals surface area contributed by atoms with Crippen LogP contribution in [0, 0.1) is 6.92 Å². The Morgan fingerprint density at radius 2 is 1.80 bits per heavy atom. The van der Waals surface area contributed by atoms with Crippen LogP contribution in [-0.4, -0.2) is 37.8 Å². The topological polar surface area (TPSA) is 105 Å². The third kappa shape index (κ3) is 5.51. The van der Waals surface area contributed by atoms with Gasteiger partial charge in [-0.25, -0.2) is 18.5 Å². The first-order chi connectivity index (χ1) is 14.1. The summed E-state index contributed by atoms with van der Waals surface area (Å²) in [5.74, 6) is -0.171. The number of likely N-dealkylation sites (N-methyl/N-ethyl adjacent to an activating group) is 1. The van der Waals surface area contributed by atoms with E-state index >= 15 is 0 Å². The molecular weight excluding hydrogens is 420 g/mol. The highest BCUT2D eigenvalue weighted by Gasteiger charge is 2.17. The van der Waals surface area contributed by atoms with Crippen molar-refractivity contribution in [3.63, 3.8) is 0 Å². The van der Waals surface area contributed by atoms with Crippen LogP contribution in [0.15, 0.2) is 58.8 Å². The fourth-order valence-electron chi connectivity index (χ4n) is 2.90. The molecule has 1 aromatic heterocycles. The number of nitrogens with one attached hydrogen (secondary N) is 1. The van der Waals surface area contributed by atoms with Gasteiger partial charge in [-0.15, -0.1) is 11.3 Å². The molecule has 7 nitrogen and oxygen atoms in total. The number of rotatable bonds is 7. The van der Waals surface area contributed by atoms with Crippen molar-refractivity contribution in [2.24, 2.45) is 5.14 Å². The van der Waals surface area contributed by atoms with Crippen molar-refractivity contribution in [2.45, 2.75) is 24.8 Å². The first-order valence-corrected chi connectivity index (χ1v) is 11.7. The predicted molar refractivity (Wildman–Crippen MR) is 120 cm³/mol. The van der Waals surface area contributed by atoms with Gasteiger partial charge in [-0.3, -0.25) is 9.69 Å². The van der Waals surface area contributed by atoms with E-state index in [1.165, 1.54) is 29.0 Å². The van der Waals surface area contributed by atoms with Gasteiger partial charge in [-0.2, -0.15) is 0 Å². The van der Waals surface area contributed by atoms with Crippen LogP contribution >= 0.6 is 11.3 Å². The molecule has 1 atom stereocenters. The quantitative estimate of drug-likeness (QED) is 0.581. The number of carbonyl (C=O) groups excluding carboxylic acids is 1. The van der Waals surface area contributed by atoms with Crippen LogP contribution in [0.1, 0.15) is 24.1 Å². The third-order valence-electron chi connectivity index (χ3n) is 4.84. The minimum absolute atomic E-state index is 0.0620. The Hall–Kier alpha value is -2.59. The molecule has 0 fully saturated rings. The summed E-state index contributed by atoms with van der Waals surface area (Å²) in [7, 11) is -1.89. The highest BCUT2D eigenvalue weighted by atomic mass is 32.2. The average Bonchev–Trinajstić information content (AvgIpc) is 3.15. The molecule has 0 saturated carbocycles. The highest BCUT2D eigenvalue weighted by molar-refractivity contribution is 7.89. The molecule has 3 aromatic rings. The van der Waals surface area contributed by atoms with Crippen molar-refractivity contribution in [1.82, 2.24) is 9.88 Å². The molecule has 0 aliphatic heterocycles. The molecule has 0 aliphatic rings. The number of nitrogens with two attached hydrogens (primary N) is 1. The molecule has 0 spiro atoms. The van der Waals surface area contributed by atoms with Gasteiger partial charge in [0, 0.05) is 17.0 Å². The highest BCUT2D eigenvalue weighted by Crippen LogP contribution is 2.25. The molecule has 30 heavy (non-hydrogen) atoms. The van der Waals surface area contributed by atoms with E-state index in [2.05, 4.69) is 10.3 Å². The van der Waals surface area contributed by atoms with Crippen LogP contribution < -0.4 is 10.5 Å². The summed E-state index contributed by atoms with van der Waals surface area (Å²) < 4.78 is 22.8. The van der Waals surface area contributed by atoms with Gasteiger partial charge in [0.05, 0.1) is 17.1 Å². The number of hydrogen-bond donors (Lipinski definition) is 2. The summed E-state index contributed by atoms with van der Waals surface area (Å²) in [4.78, 5) is 18.9. The van der Waals surface area contributed by atoms with Crippen LogP contribution in [0.3, 0.4) is 0 Å². The van der Waals surface area contributed by atoms with Crippen molar-refractivity contribution >= 4 is 32.4 Å². The second-order valence-corrected chi connectivity index (χ2v) is 9.58. The Morgan fingerprint density at radius 3 is 2.40 bits per heavy atom. The lowest BCUT2D eigenvalue weighted by Crippen LogP contribution is -2.32. The van der Waals surface area contributed by atoms with E-state index in [1.807, 2.05) is 55.4 Å². The number of thiazole rings is 1. The zero-order valence-corrected chi connectivity index (χ0v) is 18.6. The van der Waals surface area contributed by atoms with Crippen molar-refractivity contribution in [1.29, 1.82) is 0 Å². The van der Waals surface area contributed by atoms with Crippen LogP contribution in [0.25, 0.3) is 11.3 Å². The summed E-state index contributed by atoms with van der Waals surface area (Å²) >= 11 is 1.38. The predicted octanol–water partition coefficient (Wildman–Crippen LogP) is 3.40. The van der Waals surface area contributed by atoms with Gasteiger partial charge in [0.1, 0.15) is 0 Å². The molecule has 0 bridgehead atoms. The molecule has 0 aliphatic carbocycles. The van der Waals surface area contributed by atoms with E-state index in [-0.39, 0.29) is 23.4 Å². The first kappa shape index (κ1) is 22.1. The molecule has 1 amide bonds. The Bertz CT molecular complexity index is 1120. The maximum absolute atomic E-state index is 12.5. The minimum Gasteiger partial charge on any atom is -0.301 e. The van der Waals surface area contributed by atoms with Crippen molar-refractivity contribution in [3.8, 4) is 11.3 Å². The number of carbonyl (C=O) groups is 1. The standard InChI is InChI=1S/C21H24N4O3S2/c1-14-4-6-17(7-5-14)19-13-29-21(23-19)24-20(26)12-25(3)15(2)16-8-10-18(11-9-16)30(22,27)28/h4-11,13,15H,12H2,1-3H3,(H2,22,27,28)(H,23,24,26). The number of primary sulfonamides is 1. The molecule has 0 saturated heterocycles. The number of aryl methyl sites for hydroxylation is 1. The lowest BCUT2D eigenvalue weighted by Gasteiger charge is -2.24. The number of amides is 1. The summed E-state index contributed by atoms with van der Waals surface area (Å²) in [5, 5.41) is 10.4. The van der Waals surface area contributed by atoms with Crippen LogP contribution in [-0.2, 0) is 14.8 Å². The summed E-state index contributed by atoms with van der Waals surface area (Å²) in [6.45, 7) is 4.14. The van der Waals surface area contributed by atoms with Gasteiger partial charge < -0.3 is 5.32 Å². The molecule has 3 rings (SSSR count). The van der Waals surface area contributed by atoms with E-state index in [4.69, 9.17) is 5.14 Å². The maximum atomic E-state index is 12.5. The molecule has 158 valence electrons. The summed E-state index contributed by atoms with van der Waals surface area (Å²) in [6, 6.07) is 14.3. The SMILES string of the molecule is Cc1ccc(-c2csc(NC(=O)CN(C)C(C)c3ccc(S(N)(=O)=O)cc3)n2)cc1. The second-order valence-electron chi connectivity index (χ2n) is 7.16. The van der Waals surface area contributed by atoms with Gasteiger partial charge in [0.25, 0.3) is 0 Å². The van der Waals surface area contributed by atoms with Crippen LogP contribution in [0.2, 0.25) is 0 Å². The fraction of sp³-hybridized carbons (Fsp3) is 0.238. The normalized spacial score (nSPS) is 12.7. The molecule has 3 N–H and O–H groups in total. The van der Waals surface area contributed by atoms with Crippen LogP contribution in [0.4, 0.5) is 5.13 Å². The number of hydrogen-bond acceptors (Lipinski definition) is 6. The molecule has 9 heteroatoms. The number of anilines is 1. The Kier molecular flexibility index (Phi) is 6.67. The lowest BCUT2D eigenvalue weighted by atomic mass is 10.1. The molecule has 1 unspecified atom stereocenters. The monoisotopic (exact) mass is 444 g/mol. The van der Waals surface area contributed by atoms with Gasteiger partial charge in [0.15, 0.2) is 5.13 Å². The van der Waals surface area contributed by atoms with Crippen LogP contribution in [0.5, 0.6) is 0 Å². The molecule has 1 heterocycles. The maximum Gasteiger partial charge on any atom is 0.240 e. The summed E-state index contributed by atoms with van der Waals surface area (Å²) in [5.41, 5.74) is 3.89. The van der Waals surface area contributed by atoms with Gasteiger partial charge in [-0.1, -0.05) is 42.0 Å². The molecule has 2 aromatic carbocycles. The average molecular weight is 445 g/mol. The lowest BCUT2D eigenvalue weighted by molar-refractivity contribution is -0.117. The van der Waals surface area contributed by atoms with Gasteiger partial charge >= 0.3 is 0 Å². The van der Waals surface area contributed by atoms with Crippen molar-refractivity contribution in [3.05, 3.63) is 65.0 Å². The minimum atomic E-state index is -3.72. The largest absolute Gasteiger partial charge is 0.301 e. The first-order valence-electron chi connectivity index (χ1n) is 9.29.